The molecule has 0 aliphatic carbocycles. The van der Waals surface area contributed by atoms with E-state index in [2.05, 4.69) is 5.32 Å². The van der Waals surface area contributed by atoms with Crippen molar-refractivity contribution in [2.75, 3.05) is 6.61 Å². The summed E-state index contributed by atoms with van der Waals surface area (Å²) in [6, 6.07) is 12.7. The maximum Gasteiger partial charge on any atom is 0.345 e. The zero-order valence-electron chi connectivity index (χ0n) is 13.0. The van der Waals surface area contributed by atoms with Crippen molar-refractivity contribution in [3.8, 4) is 0 Å². The van der Waals surface area contributed by atoms with Crippen LogP contribution in [0.25, 0.3) is 0 Å². The molecule has 0 atom stereocenters. The lowest BCUT2D eigenvalue weighted by atomic mass is 10.1. The van der Waals surface area contributed by atoms with Crippen molar-refractivity contribution < 1.29 is 19.4 Å². The van der Waals surface area contributed by atoms with E-state index < -0.39 is 11.5 Å². The van der Waals surface area contributed by atoms with Crippen molar-refractivity contribution in [3.63, 3.8) is 0 Å². The first-order chi connectivity index (χ1) is 10.9. The molecule has 2 N–H and O–H groups in total. The van der Waals surface area contributed by atoms with Gasteiger partial charge in [0.15, 0.2) is 0 Å². The number of rotatable bonds is 7. The van der Waals surface area contributed by atoms with Gasteiger partial charge >= 0.3 is 5.97 Å². The van der Waals surface area contributed by atoms with Gasteiger partial charge in [0.1, 0.15) is 4.88 Å². The average Bonchev–Trinajstić information content (AvgIpc) is 2.98. The van der Waals surface area contributed by atoms with Crippen molar-refractivity contribution in [3.05, 3.63) is 57.8 Å². The van der Waals surface area contributed by atoms with Crippen LogP contribution in [0.5, 0.6) is 0 Å². The van der Waals surface area contributed by atoms with E-state index in [-0.39, 0.29) is 10.8 Å². The van der Waals surface area contributed by atoms with E-state index in [4.69, 9.17) is 9.84 Å². The Morgan fingerprint density at radius 2 is 1.78 bits per heavy atom. The van der Waals surface area contributed by atoms with Crippen LogP contribution < -0.4 is 5.32 Å². The molecular weight excluding hydrogens is 314 g/mol. The molecule has 0 aliphatic heterocycles. The third-order valence-corrected chi connectivity index (χ3v) is 4.14. The van der Waals surface area contributed by atoms with E-state index in [1.807, 2.05) is 44.2 Å². The minimum Gasteiger partial charge on any atom is -0.477 e. The van der Waals surface area contributed by atoms with Gasteiger partial charge < -0.3 is 15.2 Å². The number of nitrogens with one attached hydrogen (secondary N) is 1. The van der Waals surface area contributed by atoms with Crippen LogP contribution in [0.1, 0.15) is 38.8 Å². The summed E-state index contributed by atoms with van der Waals surface area (Å²) < 4.78 is 5.66. The quantitative estimate of drug-likeness (QED) is 0.816. The van der Waals surface area contributed by atoms with Gasteiger partial charge in [-0.05, 0) is 31.5 Å². The van der Waals surface area contributed by atoms with Gasteiger partial charge in [0.05, 0.1) is 23.6 Å². The number of ether oxygens (including phenoxy) is 1. The van der Waals surface area contributed by atoms with E-state index in [0.29, 0.717) is 18.1 Å². The van der Waals surface area contributed by atoms with Crippen LogP contribution in [-0.2, 0) is 11.3 Å². The third-order valence-electron chi connectivity index (χ3n) is 3.07. The molecule has 0 saturated carbocycles. The van der Waals surface area contributed by atoms with Crippen molar-refractivity contribution in [1.29, 1.82) is 0 Å². The number of carbonyl (C=O) groups is 2. The Hall–Kier alpha value is -2.18. The third kappa shape index (κ3) is 5.19. The second-order valence-corrected chi connectivity index (χ2v) is 6.87. The van der Waals surface area contributed by atoms with Crippen molar-refractivity contribution >= 4 is 23.2 Å². The predicted octanol–water partition coefficient (Wildman–Crippen LogP) is 3.17. The van der Waals surface area contributed by atoms with E-state index in [1.165, 1.54) is 12.1 Å². The highest BCUT2D eigenvalue weighted by Crippen LogP contribution is 2.17. The zero-order chi connectivity index (χ0) is 16.9. The summed E-state index contributed by atoms with van der Waals surface area (Å²) in [6.45, 7) is 4.55. The number of aromatic carboxylic acids is 1. The average molecular weight is 333 g/mol. The Morgan fingerprint density at radius 1 is 1.13 bits per heavy atom. The number of hydrogen-bond donors (Lipinski definition) is 2. The van der Waals surface area contributed by atoms with E-state index in [1.54, 1.807) is 0 Å². The highest BCUT2D eigenvalue weighted by Gasteiger charge is 2.23. The zero-order valence-corrected chi connectivity index (χ0v) is 13.9. The molecule has 5 nitrogen and oxygen atoms in total. The van der Waals surface area contributed by atoms with E-state index >= 15 is 0 Å². The van der Waals surface area contributed by atoms with Gasteiger partial charge in [-0.3, -0.25) is 4.79 Å². The lowest BCUT2D eigenvalue weighted by Crippen LogP contribution is -2.46. The van der Waals surface area contributed by atoms with Gasteiger partial charge in [-0.2, -0.15) is 0 Å². The summed E-state index contributed by atoms with van der Waals surface area (Å²) in [4.78, 5) is 23.6. The van der Waals surface area contributed by atoms with Gasteiger partial charge in [-0.15, -0.1) is 11.3 Å². The molecule has 0 unspecified atom stereocenters. The molecule has 1 heterocycles. The van der Waals surface area contributed by atoms with Crippen LogP contribution in [0.15, 0.2) is 42.5 Å². The highest BCUT2D eigenvalue weighted by atomic mass is 32.1. The fraction of sp³-hybridized carbons (Fsp3) is 0.294. The molecular formula is C17H19NO4S. The Bertz CT molecular complexity index is 679. The molecule has 0 bridgehead atoms. The maximum atomic E-state index is 12.2. The number of amides is 1. The molecule has 0 fully saturated rings. The van der Waals surface area contributed by atoms with Crippen LogP contribution >= 0.6 is 11.3 Å². The largest absolute Gasteiger partial charge is 0.477 e. The minimum absolute atomic E-state index is 0.147. The van der Waals surface area contributed by atoms with Crippen LogP contribution in [0, 0.1) is 0 Å². The lowest BCUT2D eigenvalue weighted by Gasteiger charge is -2.25. The first kappa shape index (κ1) is 17.2. The van der Waals surface area contributed by atoms with E-state index in [9.17, 15) is 9.59 Å². The summed E-state index contributed by atoms with van der Waals surface area (Å²) in [5.74, 6) is -1.32. The molecule has 2 rings (SSSR count). The fourth-order valence-electron chi connectivity index (χ4n) is 1.98. The molecule has 1 aromatic carbocycles. The SMILES string of the molecule is CC(C)(COCc1ccccc1)NC(=O)c1ccc(C(=O)O)s1. The summed E-state index contributed by atoms with van der Waals surface area (Å²) in [5.41, 5.74) is 0.512. The molecule has 122 valence electrons. The Balaban J connectivity index is 1.86. The lowest BCUT2D eigenvalue weighted by molar-refractivity contribution is 0.0618. The first-order valence-corrected chi connectivity index (χ1v) is 7.96. The maximum absolute atomic E-state index is 12.2. The molecule has 23 heavy (non-hydrogen) atoms. The molecule has 0 saturated heterocycles. The molecule has 2 aromatic rings. The highest BCUT2D eigenvalue weighted by molar-refractivity contribution is 7.15. The Labute approximate surface area is 138 Å². The van der Waals surface area contributed by atoms with Crippen molar-refractivity contribution in [1.82, 2.24) is 5.32 Å². The number of thiophene rings is 1. The van der Waals surface area contributed by atoms with Gasteiger partial charge in [0.2, 0.25) is 0 Å². The number of hydrogen-bond acceptors (Lipinski definition) is 4. The summed E-state index contributed by atoms with van der Waals surface area (Å²) in [7, 11) is 0. The predicted molar refractivity (Wildman–Crippen MR) is 88.9 cm³/mol. The number of benzene rings is 1. The molecule has 0 spiro atoms. The van der Waals surface area contributed by atoms with Crippen molar-refractivity contribution in [2.24, 2.45) is 0 Å². The minimum atomic E-state index is -1.03. The van der Waals surface area contributed by atoms with Crippen LogP contribution in [0.3, 0.4) is 0 Å². The van der Waals surface area contributed by atoms with Crippen LogP contribution in [-0.4, -0.2) is 29.1 Å². The molecule has 6 heteroatoms. The molecule has 1 aromatic heterocycles. The smallest absolute Gasteiger partial charge is 0.345 e. The van der Waals surface area contributed by atoms with Crippen LogP contribution in [0.2, 0.25) is 0 Å². The van der Waals surface area contributed by atoms with Crippen molar-refractivity contribution in [2.45, 2.75) is 26.0 Å². The second kappa shape index (κ2) is 7.39. The van der Waals surface area contributed by atoms with Gasteiger partial charge in [0.25, 0.3) is 5.91 Å². The summed E-state index contributed by atoms with van der Waals surface area (Å²) in [5, 5.41) is 11.8. The monoisotopic (exact) mass is 333 g/mol. The number of carbonyl (C=O) groups excluding carboxylic acids is 1. The summed E-state index contributed by atoms with van der Waals surface area (Å²) in [6.07, 6.45) is 0. The number of carboxylic acids is 1. The summed E-state index contributed by atoms with van der Waals surface area (Å²) >= 11 is 0.958. The van der Waals surface area contributed by atoms with E-state index in [0.717, 1.165) is 16.9 Å². The normalized spacial score (nSPS) is 11.2. The Kier molecular flexibility index (Phi) is 5.52. The molecule has 1 amide bonds. The fourth-order valence-corrected chi connectivity index (χ4v) is 2.72. The van der Waals surface area contributed by atoms with Crippen LogP contribution in [0.4, 0.5) is 0 Å². The molecule has 0 radical (unpaired) electrons. The number of carboxylic acid groups (broad SMARTS) is 1. The first-order valence-electron chi connectivity index (χ1n) is 7.15. The standard InChI is InChI=1S/C17H19NO4S/c1-17(2,11-22-10-12-6-4-3-5-7-12)18-15(19)13-8-9-14(23-13)16(20)21/h3-9H,10-11H2,1-2H3,(H,18,19)(H,20,21). The van der Waals surface area contributed by atoms with Gasteiger partial charge in [0, 0.05) is 0 Å². The Morgan fingerprint density at radius 3 is 2.39 bits per heavy atom. The second-order valence-electron chi connectivity index (χ2n) is 5.79. The molecule has 0 aliphatic rings. The van der Waals surface area contributed by atoms with Gasteiger partial charge in [-0.25, -0.2) is 4.79 Å². The van der Waals surface area contributed by atoms with Gasteiger partial charge in [-0.1, -0.05) is 30.3 Å². The topological polar surface area (TPSA) is 75.6 Å².